The molecule has 0 bridgehead atoms. The van der Waals surface area contributed by atoms with Crippen LogP contribution in [0.5, 0.6) is 0 Å². The molecule has 0 spiro atoms. The maximum atomic E-state index is 11.7. The first-order valence-corrected chi connectivity index (χ1v) is 6.68. The van der Waals surface area contributed by atoms with Crippen LogP contribution in [0.3, 0.4) is 0 Å². The molecule has 1 rings (SSSR count). The van der Waals surface area contributed by atoms with Crippen molar-refractivity contribution in [1.82, 2.24) is 14.5 Å². The van der Waals surface area contributed by atoms with E-state index in [1.54, 1.807) is 19.4 Å². The zero-order valence-electron chi connectivity index (χ0n) is 8.48. The Morgan fingerprint density at radius 1 is 1.60 bits per heavy atom. The number of alkyl halides is 1. The van der Waals surface area contributed by atoms with Crippen molar-refractivity contribution in [3.05, 3.63) is 18.0 Å². The average Bonchev–Trinajstić information content (AvgIpc) is 2.67. The summed E-state index contributed by atoms with van der Waals surface area (Å²) in [7, 11) is -1.64. The van der Waals surface area contributed by atoms with E-state index in [9.17, 15) is 8.42 Å². The Morgan fingerprint density at radius 3 is 2.87 bits per heavy atom. The van der Waals surface area contributed by atoms with E-state index in [1.807, 2.05) is 0 Å². The van der Waals surface area contributed by atoms with Gasteiger partial charge in [0.25, 0.3) is 0 Å². The minimum atomic E-state index is -3.19. The summed E-state index contributed by atoms with van der Waals surface area (Å²) < 4.78 is 24.6. The number of aromatic amines is 1. The van der Waals surface area contributed by atoms with E-state index < -0.39 is 10.0 Å². The van der Waals surface area contributed by atoms with Gasteiger partial charge in [-0.15, -0.1) is 11.6 Å². The van der Waals surface area contributed by atoms with Gasteiger partial charge in [0.1, 0.15) is 0 Å². The second-order valence-corrected chi connectivity index (χ2v) is 5.79. The third kappa shape index (κ3) is 3.81. The summed E-state index contributed by atoms with van der Waals surface area (Å²) in [5.74, 6) is 0.448. The molecule has 0 radical (unpaired) electrons. The predicted molar refractivity (Wildman–Crippen MR) is 59.2 cm³/mol. The minimum Gasteiger partial charge on any atom is -0.285 e. The van der Waals surface area contributed by atoms with Crippen molar-refractivity contribution < 1.29 is 8.42 Å². The first-order valence-electron chi connectivity index (χ1n) is 4.54. The smallest absolute Gasteiger partial charge is 0.214 e. The Hall–Kier alpha value is -0.590. The molecule has 0 saturated carbocycles. The second kappa shape index (κ2) is 5.48. The van der Waals surface area contributed by atoms with E-state index in [4.69, 9.17) is 11.6 Å². The Morgan fingerprint density at radius 2 is 2.33 bits per heavy atom. The highest BCUT2D eigenvalue weighted by Crippen LogP contribution is 2.07. The van der Waals surface area contributed by atoms with Crippen LogP contribution >= 0.6 is 11.6 Å². The van der Waals surface area contributed by atoms with Crippen molar-refractivity contribution in [3.8, 4) is 0 Å². The van der Waals surface area contributed by atoms with Crippen molar-refractivity contribution >= 4 is 21.6 Å². The monoisotopic (exact) mass is 251 g/mol. The Kier molecular flexibility index (Phi) is 4.56. The van der Waals surface area contributed by atoms with E-state index in [0.29, 0.717) is 18.8 Å². The molecule has 0 aliphatic rings. The fourth-order valence-corrected chi connectivity index (χ4v) is 2.57. The Labute approximate surface area is 94.5 Å². The first-order chi connectivity index (χ1) is 7.06. The summed E-state index contributed by atoms with van der Waals surface area (Å²) in [6.45, 7) is 0.334. The molecule has 1 aromatic rings. The van der Waals surface area contributed by atoms with Crippen molar-refractivity contribution in [2.45, 2.75) is 13.0 Å². The molecule has 0 unspecified atom stereocenters. The van der Waals surface area contributed by atoms with Gasteiger partial charge in [-0.05, 0) is 6.42 Å². The summed E-state index contributed by atoms with van der Waals surface area (Å²) in [6.07, 6.45) is 3.75. The van der Waals surface area contributed by atoms with E-state index in [1.165, 1.54) is 4.31 Å². The third-order valence-corrected chi connectivity index (χ3v) is 4.12. The molecule has 1 heterocycles. The van der Waals surface area contributed by atoms with Gasteiger partial charge < -0.3 is 0 Å². The summed E-state index contributed by atoms with van der Waals surface area (Å²) in [6, 6.07) is 0. The molecule has 5 nitrogen and oxygen atoms in total. The number of hydrogen-bond acceptors (Lipinski definition) is 3. The molecule has 0 aliphatic carbocycles. The lowest BCUT2D eigenvalue weighted by Gasteiger charge is -2.15. The largest absolute Gasteiger partial charge is 0.285 e. The number of H-pyrrole nitrogens is 1. The molecule has 0 aromatic carbocycles. The van der Waals surface area contributed by atoms with E-state index >= 15 is 0 Å². The fourth-order valence-electron chi connectivity index (χ4n) is 1.11. The van der Waals surface area contributed by atoms with Crippen molar-refractivity contribution in [1.29, 1.82) is 0 Å². The maximum absolute atomic E-state index is 11.7. The van der Waals surface area contributed by atoms with Gasteiger partial charge in [0.05, 0.1) is 11.9 Å². The molecule has 0 atom stereocenters. The molecule has 1 aromatic heterocycles. The van der Waals surface area contributed by atoms with Gasteiger partial charge in [-0.2, -0.15) is 5.10 Å². The van der Waals surface area contributed by atoms with Crippen LogP contribution in [0.2, 0.25) is 0 Å². The number of halogens is 1. The van der Waals surface area contributed by atoms with Crippen LogP contribution in [0.25, 0.3) is 0 Å². The van der Waals surface area contributed by atoms with E-state index in [0.717, 1.165) is 5.56 Å². The zero-order valence-corrected chi connectivity index (χ0v) is 10.1. The standard InChI is InChI=1S/C8H14ClN3O2S/c1-12(7-8-5-10-11-6-8)15(13,14)4-2-3-9/h5-6H,2-4,7H2,1H3,(H,10,11). The van der Waals surface area contributed by atoms with Crippen molar-refractivity contribution in [2.75, 3.05) is 18.7 Å². The molecule has 15 heavy (non-hydrogen) atoms. The lowest BCUT2D eigenvalue weighted by atomic mass is 10.4. The third-order valence-electron chi connectivity index (χ3n) is 1.97. The molecule has 7 heteroatoms. The van der Waals surface area contributed by atoms with Crippen LogP contribution in [-0.4, -0.2) is 41.6 Å². The molecule has 0 saturated heterocycles. The molecule has 1 N–H and O–H groups in total. The van der Waals surface area contributed by atoms with Crippen LogP contribution in [0.4, 0.5) is 0 Å². The van der Waals surface area contributed by atoms with Gasteiger partial charge in [0.2, 0.25) is 10.0 Å². The second-order valence-electron chi connectivity index (χ2n) is 3.22. The topological polar surface area (TPSA) is 66.1 Å². The van der Waals surface area contributed by atoms with Gasteiger partial charge in [-0.3, -0.25) is 5.10 Å². The number of aromatic nitrogens is 2. The van der Waals surface area contributed by atoms with Gasteiger partial charge in [-0.1, -0.05) is 0 Å². The van der Waals surface area contributed by atoms with Crippen LogP contribution in [0.1, 0.15) is 12.0 Å². The number of hydrogen-bond donors (Lipinski definition) is 1. The Balaban J connectivity index is 2.56. The quantitative estimate of drug-likeness (QED) is 0.761. The normalized spacial score (nSPS) is 12.2. The fraction of sp³-hybridized carbons (Fsp3) is 0.625. The molecular formula is C8H14ClN3O2S. The average molecular weight is 252 g/mol. The number of nitrogens with one attached hydrogen (secondary N) is 1. The highest BCUT2D eigenvalue weighted by atomic mass is 35.5. The summed E-state index contributed by atoms with van der Waals surface area (Å²) >= 11 is 5.46. The highest BCUT2D eigenvalue weighted by molar-refractivity contribution is 7.89. The zero-order chi connectivity index (χ0) is 11.3. The highest BCUT2D eigenvalue weighted by Gasteiger charge is 2.17. The first kappa shape index (κ1) is 12.5. The molecule has 0 aliphatic heterocycles. The summed E-state index contributed by atoms with van der Waals surface area (Å²) in [5.41, 5.74) is 0.840. The van der Waals surface area contributed by atoms with Crippen LogP contribution in [0, 0.1) is 0 Å². The van der Waals surface area contributed by atoms with Gasteiger partial charge >= 0.3 is 0 Å². The van der Waals surface area contributed by atoms with Gasteiger partial charge in [0.15, 0.2) is 0 Å². The summed E-state index contributed by atoms with van der Waals surface area (Å²) in [5, 5.41) is 6.39. The van der Waals surface area contributed by atoms with Crippen molar-refractivity contribution in [2.24, 2.45) is 0 Å². The number of sulfonamides is 1. The van der Waals surface area contributed by atoms with E-state index in [-0.39, 0.29) is 5.75 Å². The minimum absolute atomic E-state index is 0.0881. The lowest BCUT2D eigenvalue weighted by Crippen LogP contribution is -2.28. The predicted octanol–water partition coefficient (Wildman–Crippen LogP) is 0.800. The van der Waals surface area contributed by atoms with Crippen molar-refractivity contribution in [3.63, 3.8) is 0 Å². The lowest BCUT2D eigenvalue weighted by molar-refractivity contribution is 0.466. The number of rotatable bonds is 6. The molecule has 86 valence electrons. The van der Waals surface area contributed by atoms with Crippen LogP contribution in [0.15, 0.2) is 12.4 Å². The van der Waals surface area contributed by atoms with Gasteiger partial charge in [0, 0.05) is 31.2 Å². The van der Waals surface area contributed by atoms with Crippen LogP contribution in [-0.2, 0) is 16.6 Å². The maximum Gasteiger partial charge on any atom is 0.214 e. The molecule has 0 amide bonds. The molecular weight excluding hydrogens is 238 g/mol. The SMILES string of the molecule is CN(Cc1cn[nH]c1)S(=O)(=O)CCCCl. The molecule has 0 fully saturated rings. The van der Waals surface area contributed by atoms with Crippen LogP contribution < -0.4 is 0 Å². The van der Waals surface area contributed by atoms with Gasteiger partial charge in [-0.25, -0.2) is 12.7 Å². The Bertz CT molecular complexity index is 377. The van der Waals surface area contributed by atoms with E-state index in [2.05, 4.69) is 10.2 Å². The summed E-state index contributed by atoms with van der Waals surface area (Å²) in [4.78, 5) is 0. The number of nitrogens with zero attached hydrogens (tertiary/aromatic N) is 2.